The molecular formula is C17H23N5O2. The molecule has 24 heavy (non-hydrogen) atoms. The Bertz CT molecular complexity index is 745. The number of carbonyl (C=O) groups is 1. The summed E-state index contributed by atoms with van der Waals surface area (Å²) in [5.41, 5.74) is 2.20. The highest BCUT2D eigenvalue weighted by molar-refractivity contribution is 5.80. The Labute approximate surface area is 140 Å². The molecule has 2 aromatic heterocycles. The maximum atomic E-state index is 11.9. The number of piperazine rings is 1. The summed E-state index contributed by atoms with van der Waals surface area (Å²) in [5, 5.41) is 14.2. The van der Waals surface area contributed by atoms with Gasteiger partial charge in [-0.3, -0.25) is 4.79 Å². The van der Waals surface area contributed by atoms with Crippen LogP contribution in [0, 0.1) is 0 Å². The largest absolute Gasteiger partial charge is 0.384 e. The SMILES string of the molecule is CC(O)C(=O)N1CCN(c2nccn3nc(C4CCC4)cc23)CC1. The number of aromatic nitrogens is 3. The van der Waals surface area contributed by atoms with Crippen molar-refractivity contribution in [1.29, 1.82) is 0 Å². The number of amides is 1. The molecule has 1 aliphatic heterocycles. The molecule has 1 saturated heterocycles. The third kappa shape index (κ3) is 2.62. The zero-order valence-corrected chi connectivity index (χ0v) is 13.9. The van der Waals surface area contributed by atoms with Gasteiger partial charge >= 0.3 is 0 Å². The monoisotopic (exact) mass is 329 g/mol. The van der Waals surface area contributed by atoms with Crippen LogP contribution in [0.4, 0.5) is 5.82 Å². The van der Waals surface area contributed by atoms with Crippen LogP contribution in [0.1, 0.15) is 37.8 Å². The first-order valence-corrected chi connectivity index (χ1v) is 8.69. The molecule has 1 amide bonds. The summed E-state index contributed by atoms with van der Waals surface area (Å²) in [6.07, 6.45) is 6.50. The molecule has 0 radical (unpaired) electrons. The van der Waals surface area contributed by atoms with E-state index in [2.05, 4.69) is 16.0 Å². The van der Waals surface area contributed by atoms with Crippen LogP contribution >= 0.6 is 0 Å². The van der Waals surface area contributed by atoms with Gasteiger partial charge in [0.05, 0.1) is 5.69 Å². The number of carbonyl (C=O) groups excluding carboxylic acids is 1. The Hall–Kier alpha value is -2.15. The van der Waals surface area contributed by atoms with Crippen molar-refractivity contribution in [3.8, 4) is 0 Å². The molecular weight excluding hydrogens is 306 g/mol. The minimum Gasteiger partial charge on any atom is -0.384 e. The van der Waals surface area contributed by atoms with Crippen molar-refractivity contribution in [3.63, 3.8) is 0 Å². The Morgan fingerprint density at radius 1 is 1.29 bits per heavy atom. The number of aliphatic hydroxyl groups is 1. The van der Waals surface area contributed by atoms with Gasteiger partial charge in [-0.05, 0) is 25.8 Å². The zero-order valence-electron chi connectivity index (χ0n) is 13.9. The number of rotatable bonds is 3. The molecule has 1 saturated carbocycles. The summed E-state index contributed by atoms with van der Waals surface area (Å²) in [5.74, 6) is 1.33. The Morgan fingerprint density at radius 2 is 2.04 bits per heavy atom. The Morgan fingerprint density at radius 3 is 2.67 bits per heavy atom. The standard InChI is InChI=1S/C17H23N5O2/c1-12(23)17(24)21-9-7-20(8-10-21)16-15-11-14(13-3-2-4-13)19-22(15)6-5-18-16/h5-6,11-13,23H,2-4,7-10H2,1H3. The second-order valence-corrected chi connectivity index (χ2v) is 6.77. The van der Waals surface area contributed by atoms with Gasteiger partial charge in [-0.25, -0.2) is 9.50 Å². The molecule has 4 rings (SSSR count). The van der Waals surface area contributed by atoms with Gasteiger partial charge in [-0.1, -0.05) is 6.42 Å². The molecule has 0 aromatic carbocycles. The lowest BCUT2D eigenvalue weighted by atomic mass is 9.83. The number of fused-ring (bicyclic) bond motifs is 1. The van der Waals surface area contributed by atoms with E-state index in [0.29, 0.717) is 19.0 Å². The topological polar surface area (TPSA) is 74.0 Å². The van der Waals surface area contributed by atoms with Crippen LogP contribution in [0.2, 0.25) is 0 Å². The van der Waals surface area contributed by atoms with E-state index in [1.54, 1.807) is 11.1 Å². The highest BCUT2D eigenvalue weighted by atomic mass is 16.3. The number of nitrogens with zero attached hydrogens (tertiary/aromatic N) is 5. The summed E-state index contributed by atoms with van der Waals surface area (Å²) < 4.78 is 1.92. The molecule has 7 heteroatoms. The van der Waals surface area contributed by atoms with E-state index in [0.717, 1.165) is 24.4 Å². The van der Waals surface area contributed by atoms with E-state index in [9.17, 15) is 9.90 Å². The second kappa shape index (κ2) is 6.05. The number of aliphatic hydroxyl groups excluding tert-OH is 1. The van der Waals surface area contributed by atoms with Crippen molar-refractivity contribution in [1.82, 2.24) is 19.5 Å². The van der Waals surface area contributed by atoms with Gasteiger partial charge in [0, 0.05) is 44.5 Å². The lowest BCUT2D eigenvalue weighted by Crippen LogP contribution is -2.51. The summed E-state index contributed by atoms with van der Waals surface area (Å²) in [6, 6.07) is 2.17. The molecule has 2 fully saturated rings. The average Bonchev–Trinajstić information content (AvgIpc) is 2.95. The smallest absolute Gasteiger partial charge is 0.251 e. The minimum atomic E-state index is -0.932. The van der Waals surface area contributed by atoms with Crippen molar-refractivity contribution in [2.75, 3.05) is 31.1 Å². The minimum absolute atomic E-state index is 0.197. The predicted molar refractivity (Wildman–Crippen MR) is 90.1 cm³/mol. The normalized spacial score (nSPS) is 20.2. The quantitative estimate of drug-likeness (QED) is 0.910. The van der Waals surface area contributed by atoms with Crippen LogP contribution in [0.15, 0.2) is 18.5 Å². The first-order valence-electron chi connectivity index (χ1n) is 8.69. The van der Waals surface area contributed by atoms with Crippen molar-refractivity contribution in [3.05, 3.63) is 24.2 Å². The van der Waals surface area contributed by atoms with Crippen molar-refractivity contribution < 1.29 is 9.90 Å². The van der Waals surface area contributed by atoms with E-state index < -0.39 is 6.10 Å². The lowest BCUT2D eigenvalue weighted by molar-refractivity contribution is -0.139. The zero-order chi connectivity index (χ0) is 16.7. The molecule has 0 bridgehead atoms. The molecule has 128 valence electrons. The molecule has 0 spiro atoms. The van der Waals surface area contributed by atoms with Crippen molar-refractivity contribution >= 4 is 17.2 Å². The van der Waals surface area contributed by atoms with Gasteiger partial charge in [0.2, 0.25) is 0 Å². The molecule has 1 N–H and O–H groups in total. The van der Waals surface area contributed by atoms with Gasteiger partial charge in [0.25, 0.3) is 5.91 Å². The van der Waals surface area contributed by atoms with E-state index in [-0.39, 0.29) is 5.91 Å². The number of hydrogen-bond donors (Lipinski definition) is 1. The van der Waals surface area contributed by atoms with Gasteiger partial charge in [0.1, 0.15) is 11.6 Å². The highest BCUT2D eigenvalue weighted by Gasteiger charge is 2.27. The average molecular weight is 329 g/mol. The highest BCUT2D eigenvalue weighted by Crippen LogP contribution is 2.36. The number of hydrogen-bond acceptors (Lipinski definition) is 5. The molecule has 3 heterocycles. The van der Waals surface area contributed by atoms with Gasteiger partial charge in [0.15, 0.2) is 5.82 Å². The third-order valence-corrected chi connectivity index (χ3v) is 5.16. The first kappa shape index (κ1) is 15.4. The molecule has 1 aliphatic carbocycles. The van der Waals surface area contributed by atoms with Crippen LogP contribution in [0.3, 0.4) is 0 Å². The van der Waals surface area contributed by atoms with Gasteiger partial charge in [-0.15, -0.1) is 0 Å². The molecule has 2 aromatic rings. The van der Waals surface area contributed by atoms with E-state index in [1.165, 1.54) is 31.9 Å². The third-order valence-electron chi connectivity index (χ3n) is 5.16. The van der Waals surface area contributed by atoms with Crippen molar-refractivity contribution in [2.24, 2.45) is 0 Å². The van der Waals surface area contributed by atoms with E-state index >= 15 is 0 Å². The second-order valence-electron chi connectivity index (χ2n) is 6.77. The predicted octanol–water partition coefficient (Wildman–Crippen LogP) is 1.03. The fourth-order valence-corrected chi connectivity index (χ4v) is 3.48. The summed E-state index contributed by atoms with van der Waals surface area (Å²) in [4.78, 5) is 20.4. The van der Waals surface area contributed by atoms with Crippen LogP contribution in [-0.4, -0.2) is 62.8 Å². The fourth-order valence-electron chi connectivity index (χ4n) is 3.48. The maximum Gasteiger partial charge on any atom is 0.251 e. The van der Waals surface area contributed by atoms with Gasteiger partial charge in [-0.2, -0.15) is 5.10 Å². The first-order chi connectivity index (χ1) is 11.6. The Kier molecular flexibility index (Phi) is 3.88. The van der Waals surface area contributed by atoms with Crippen LogP contribution in [-0.2, 0) is 4.79 Å². The summed E-state index contributed by atoms with van der Waals surface area (Å²) in [6.45, 7) is 4.17. The van der Waals surface area contributed by atoms with E-state index in [1.807, 2.05) is 10.7 Å². The van der Waals surface area contributed by atoms with Crippen molar-refractivity contribution in [2.45, 2.75) is 38.2 Å². The molecule has 7 nitrogen and oxygen atoms in total. The molecule has 2 aliphatic rings. The molecule has 1 atom stereocenters. The van der Waals surface area contributed by atoms with Crippen LogP contribution in [0.25, 0.3) is 5.52 Å². The summed E-state index contributed by atoms with van der Waals surface area (Å²) in [7, 11) is 0. The summed E-state index contributed by atoms with van der Waals surface area (Å²) >= 11 is 0. The molecule has 1 unspecified atom stereocenters. The van der Waals surface area contributed by atoms with E-state index in [4.69, 9.17) is 5.10 Å². The maximum absolute atomic E-state index is 11.9. The van der Waals surface area contributed by atoms with Crippen LogP contribution < -0.4 is 4.90 Å². The Balaban J connectivity index is 1.54. The lowest BCUT2D eigenvalue weighted by Gasteiger charge is -2.36. The number of anilines is 1. The fraction of sp³-hybridized carbons (Fsp3) is 0.588. The van der Waals surface area contributed by atoms with Crippen LogP contribution in [0.5, 0.6) is 0 Å². The van der Waals surface area contributed by atoms with Gasteiger partial charge < -0.3 is 14.9 Å².